The first kappa shape index (κ1) is 41.6. The van der Waals surface area contributed by atoms with Crippen LogP contribution in [0.5, 0.6) is 0 Å². The Labute approximate surface area is 437 Å². The maximum atomic E-state index is 2.70. The van der Waals surface area contributed by atoms with Crippen molar-refractivity contribution in [3.05, 3.63) is 181 Å². The van der Waals surface area contributed by atoms with Crippen LogP contribution < -0.4 is 32.8 Å². The van der Waals surface area contributed by atoms with Gasteiger partial charge in [-0.25, -0.2) is 0 Å². The van der Waals surface area contributed by atoms with Crippen molar-refractivity contribution in [2.45, 2.75) is 102 Å². The molecule has 0 atom stereocenters. The van der Waals surface area contributed by atoms with Crippen molar-refractivity contribution in [1.29, 1.82) is 0 Å². The SMILES string of the molecule is c1ccc2c(c1)c1ccccc1n2-c1cc2c3c(c1)Sc1cc4c(cc1B3c1ccc(C3CCCC3)cc1S2)B1c2ccc(C3CCCC3)cc2Sc2cc(-n3c5ccccc5c5ccccc53)cc(c21)S4. The van der Waals surface area contributed by atoms with E-state index in [1.165, 1.54) is 189 Å². The first-order valence-corrected chi connectivity index (χ1v) is 29.4. The predicted octanol–water partition coefficient (Wildman–Crippen LogP) is 14.1. The summed E-state index contributed by atoms with van der Waals surface area (Å²) in [6, 6.07) is 66.7. The van der Waals surface area contributed by atoms with Crippen molar-refractivity contribution in [1.82, 2.24) is 9.13 Å². The van der Waals surface area contributed by atoms with Gasteiger partial charge in [-0.15, -0.1) is 0 Å². The maximum absolute atomic E-state index is 2.70. The molecule has 11 aromatic rings. The molecule has 4 aliphatic heterocycles. The Morgan fingerprint density at radius 1 is 0.319 bits per heavy atom. The van der Waals surface area contributed by atoms with Gasteiger partial charge in [0.2, 0.25) is 13.4 Å². The summed E-state index contributed by atoms with van der Waals surface area (Å²) in [6.07, 6.45) is 10.6. The van der Waals surface area contributed by atoms with Gasteiger partial charge in [-0.2, -0.15) is 0 Å². The fraction of sp³-hybridized carbons (Fsp3) is 0.156. The highest BCUT2D eigenvalue weighted by Crippen LogP contribution is 2.47. The van der Waals surface area contributed by atoms with Gasteiger partial charge in [0.15, 0.2) is 0 Å². The molecule has 2 aromatic heterocycles. The molecule has 2 saturated carbocycles. The van der Waals surface area contributed by atoms with Crippen molar-refractivity contribution in [2.24, 2.45) is 0 Å². The summed E-state index contributed by atoms with van der Waals surface area (Å²) in [5.41, 5.74) is 19.5. The van der Waals surface area contributed by atoms with E-state index in [1.807, 2.05) is 47.0 Å². The third kappa shape index (κ3) is 6.01. The van der Waals surface area contributed by atoms with Crippen LogP contribution in [0.25, 0.3) is 55.0 Å². The van der Waals surface area contributed by atoms with Gasteiger partial charge in [0.1, 0.15) is 0 Å². The molecule has 8 heteroatoms. The fourth-order valence-electron chi connectivity index (χ4n) is 14.2. The number of benzene rings is 9. The number of para-hydroxylation sites is 4. The van der Waals surface area contributed by atoms with E-state index in [0.29, 0.717) is 11.8 Å². The van der Waals surface area contributed by atoms with E-state index in [4.69, 9.17) is 0 Å². The van der Waals surface area contributed by atoms with E-state index in [0.717, 1.165) is 0 Å². The second-order valence-corrected chi connectivity index (χ2v) is 25.5. The van der Waals surface area contributed by atoms with E-state index in [-0.39, 0.29) is 13.4 Å². The third-order valence-electron chi connectivity index (χ3n) is 17.4. The van der Waals surface area contributed by atoms with Gasteiger partial charge >= 0.3 is 0 Å². The number of rotatable bonds is 4. The van der Waals surface area contributed by atoms with Crippen LogP contribution in [0.3, 0.4) is 0 Å². The highest BCUT2D eigenvalue weighted by molar-refractivity contribution is 8.02. The standard InChI is InChI=1S/C64H46B2N2S4/c1-2-14-37(13-1)39-25-27-47-55(29-39)69-59-31-41(67-51-21-9-5-17-43(51)44-18-6-10-22-52(44)67)33-61-63(59)65(47)49-35-50-58(36-57(49)71-61)72-62-34-42(68-53-23-11-7-19-45(53)46-20-8-12-24-54(46)68)32-60-64(62)66(50)48-28-26-40(30-56(48)70-60)38-15-3-4-16-38/h5-12,17-38H,1-4,13-16H2. The summed E-state index contributed by atoms with van der Waals surface area (Å²) < 4.78 is 5.06. The zero-order valence-corrected chi connectivity index (χ0v) is 42.9. The summed E-state index contributed by atoms with van der Waals surface area (Å²) in [4.78, 5) is 11.2. The monoisotopic (exact) mass is 992 g/mol. The van der Waals surface area contributed by atoms with E-state index >= 15 is 0 Å². The molecule has 6 heterocycles. The molecule has 342 valence electrons. The number of fused-ring (bicyclic) bond motifs is 14. The fourth-order valence-corrected chi connectivity index (χ4v) is 19.3. The smallest absolute Gasteiger partial charge is 0.247 e. The molecule has 2 fully saturated rings. The largest absolute Gasteiger partial charge is 0.309 e. The highest BCUT2D eigenvalue weighted by atomic mass is 32.2. The molecule has 0 bridgehead atoms. The minimum atomic E-state index is 0.156. The molecule has 0 radical (unpaired) electrons. The maximum Gasteiger partial charge on any atom is 0.247 e. The first-order valence-electron chi connectivity index (χ1n) is 26.2. The number of nitrogens with zero attached hydrogens (tertiary/aromatic N) is 2. The quantitative estimate of drug-likeness (QED) is 0.163. The summed E-state index contributed by atoms with van der Waals surface area (Å²) in [6.45, 7) is 0.312. The molecule has 0 amide bonds. The summed E-state index contributed by atoms with van der Waals surface area (Å²) in [5.74, 6) is 1.33. The minimum Gasteiger partial charge on any atom is -0.309 e. The van der Waals surface area contributed by atoms with Gasteiger partial charge in [0.25, 0.3) is 0 Å². The van der Waals surface area contributed by atoms with Crippen LogP contribution in [0.15, 0.2) is 209 Å². The Balaban J connectivity index is 0.883. The first-order chi connectivity index (χ1) is 35.7. The molecule has 0 saturated heterocycles. The zero-order valence-electron chi connectivity index (χ0n) is 39.7. The van der Waals surface area contributed by atoms with Crippen LogP contribution in [0, 0.1) is 0 Å². The lowest BCUT2D eigenvalue weighted by Gasteiger charge is -2.37. The third-order valence-corrected chi connectivity index (χ3v) is 22.0. The summed E-state index contributed by atoms with van der Waals surface area (Å²) >= 11 is 8.06. The Morgan fingerprint density at radius 2 is 0.653 bits per heavy atom. The summed E-state index contributed by atoms with van der Waals surface area (Å²) in [5, 5.41) is 5.22. The van der Waals surface area contributed by atoms with Crippen LogP contribution in [0.1, 0.15) is 74.3 Å². The normalized spacial score (nSPS) is 16.6. The zero-order chi connectivity index (χ0) is 46.8. The lowest BCUT2D eigenvalue weighted by Crippen LogP contribution is -2.62. The highest BCUT2D eigenvalue weighted by Gasteiger charge is 2.44. The number of hydrogen-bond acceptors (Lipinski definition) is 4. The Bertz CT molecular complexity index is 3810. The Kier molecular flexibility index (Phi) is 9.13. The Hall–Kier alpha value is -5.89. The van der Waals surface area contributed by atoms with Gasteiger partial charge in [-0.3, -0.25) is 0 Å². The topological polar surface area (TPSA) is 9.86 Å². The summed E-state index contributed by atoms with van der Waals surface area (Å²) in [7, 11) is 0. The second kappa shape index (κ2) is 15.8. The van der Waals surface area contributed by atoms with Crippen molar-refractivity contribution in [3.8, 4) is 11.4 Å². The van der Waals surface area contributed by atoms with Crippen LogP contribution >= 0.6 is 47.0 Å². The average molecular weight is 993 g/mol. The minimum absolute atomic E-state index is 0.156. The van der Waals surface area contributed by atoms with Crippen molar-refractivity contribution < 1.29 is 0 Å². The van der Waals surface area contributed by atoms with E-state index in [2.05, 4.69) is 179 Å². The second-order valence-electron chi connectivity index (χ2n) is 21.2. The molecular formula is C64H46B2N2S4. The molecule has 0 N–H and O–H groups in total. The molecule has 2 nitrogen and oxygen atoms in total. The lowest BCUT2D eigenvalue weighted by molar-refractivity contribution is 0.721. The van der Waals surface area contributed by atoms with Crippen molar-refractivity contribution in [2.75, 3.05) is 0 Å². The lowest BCUT2D eigenvalue weighted by atomic mass is 9.33. The predicted molar refractivity (Wildman–Crippen MR) is 309 cm³/mol. The van der Waals surface area contributed by atoms with Crippen LogP contribution in [0.4, 0.5) is 0 Å². The van der Waals surface area contributed by atoms with E-state index in [9.17, 15) is 0 Å². The van der Waals surface area contributed by atoms with Gasteiger partial charge in [-0.1, -0.05) is 198 Å². The molecule has 0 unspecified atom stereocenters. The molecule has 72 heavy (non-hydrogen) atoms. The van der Waals surface area contributed by atoms with Gasteiger partial charge in [0.05, 0.1) is 22.1 Å². The number of aromatic nitrogens is 2. The molecule has 2 aliphatic carbocycles. The Morgan fingerprint density at radius 3 is 1.01 bits per heavy atom. The van der Waals surface area contributed by atoms with Gasteiger partial charge in [-0.05, 0) is 126 Å². The van der Waals surface area contributed by atoms with Crippen molar-refractivity contribution in [3.63, 3.8) is 0 Å². The molecule has 6 aliphatic rings. The van der Waals surface area contributed by atoms with Gasteiger partial charge < -0.3 is 9.13 Å². The van der Waals surface area contributed by atoms with Gasteiger partial charge in [0, 0.05) is 72.1 Å². The molecular weight excluding hydrogens is 947 g/mol. The van der Waals surface area contributed by atoms with E-state index < -0.39 is 0 Å². The van der Waals surface area contributed by atoms with Crippen molar-refractivity contribution >= 4 is 137 Å². The van der Waals surface area contributed by atoms with E-state index in [1.54, 1.807) is 0 Å². The number of hydrogen-bond donors (Lipinski definition) is 0. The molecule has 0 spiro atoms. The van der Waals surface area contributed by atoms with Crippen LogP contribution in [-0.2, 0) is 0 Å². The van der Waals surface area contributed by atoms with Crippen LogP contribution in [-0.4, -0.2) is 22.6 Å². The average Bonchev–Trinajstić information content (AvgIpc) is 4.27. The van der Waals surface area contributed by atoms with Crippen LogP contribution in [0.2, 0.25) is 0 Å². The molecule has 17 rings (SSSR count). The molecule has 9 aromatic carbocycles.